The zero-order valence-electron chi connectivity index (χ0n) is 15.3. The number of aromatic nitrogens is 2. The normalized spacial score (nSPS) is 16.2. The largest absolute Gasteiger partial charge is 0.411 e. The van der Waals surface area contributed by atoms with Crippen molar-refractivity contribution in [2.75, 3.05) is 13.1 Å². The fourth-order valence-corrected chi connectivity index (χ4v) is 3.65. The topological polar surface area (TPSA) is 59.2 Å². The highest BCUT2D eigenvalue weighted by molar-refractivity contribution is 8.00. The maximum Gasteiger partial charge on any atom is 0.277 e. The summed E-state index contributed by atoms with van der Waals surface area (Å²) < 4.78 is 5.75. The summed E-state index contributed by atoms with van der Waals surface area (Å²) in [4.78, 5) is 14.3. The highest BCUT2D eigenvalue weighted by atomic mass is 32.2. The molecule has 0 N–H and O–H groups in total. The van der Waals surface area contributed by atoms with Gasteiger partial charge in [-0.15, -0.1) is 10.2 Å². The van der Waals surface area contributed by atoms with Crippen LogP contribution in [0, 0.1) is 0 Å². The summed E-state index contributed by atoms with van der Waals surface area (Å²) in [5.41, 5.74) is 2.26. The first-order valence-electron chi connectivity index (χ1n) is 8.74. The Kier molecular flexibility index (Phi) is 5.18. The Morgan fingerprint density at radius 1 is 1.16 bits per heavy atom. The van der Waals surface area contributed by atoms with Crippen LogP contribution in [0.5, 0.6) is 0 Å². The summed E-state index contributed by atoms with van der Waals surface area (Å²) in [6.45, 7) is 10.2. The van der Waals surface area contributed by atoms with Crippen LogP contribution in [-0.2, 0) is 10.2 Å². The van der Waals surface area contributed by atoms with Gasteiger partial charge in [0.1, 0.15) is 0 Å². The zero-order valence-corrected chi connectivity index (χ0v) is 16.1. The zero-order chi connectivity index (χ0) is 18.0. The number of rotatable bonds is 4. The predicted molar refractivity (Wildman–Crippen MR) is 99.6 cm³/mol. The van der Waals surface area contributed by atoms with Gasteiger partial charge in [0.15, 0.2) is 0 Å². The average molecular weight is 359 g/mol. The standard InChI is InChI=1S/C19H25N3O2S/c1-13(17(23)22-11-5-6-12-22)25-18-21-20-16(24-18)14-7-9-15(10-8-14)19(2,3)4/h7-10,13H,5-6,11-12H2,1-4H3/t13-/m0/s1. The lowest BCUT2D eigenvalue weighted by Crippen LogP contribution is -2.34. The molecule has 1 aliphatic rings. The number of hydrogen-bond acceptors (Lipinski definition) is 5. The van der Waals surface area contributed by atoms with Crippen molar-refractivity contribution >= 4 is 17.7 Å². The minimum Gasteiger partial charge on any atom is -0.411 e. The molecule has 1 fully saturated rings. The first-order valence-corrected chi connectivity index (χ1v) is 9.62. The van der Waals surface area contributed by atoms with E-state index in [0.717, 1.165) is 31.5 Å². The van der Waals surface area contributed by atoms with E-state index in [1.54, 1.807) is 0 Å². The van der Waals surface area contributed by atoms with Crippen LogP contribution in [0.3, 0.4) is 0 Å². The predicted octanol–water partition coefficient (Wildman–Crippen LogP) is 4.14. The van der Waals surface area contributed by atoms with Crippen molar-refractivity contribution in [3.05, 3.63) is 29.8 Å². The molecule has 1 aliphatic heterocycles. The van der Waals surface area contributed by atoms with Gasteiger partial charge in [-0.3, -0.25) is 4.79 Å². The first-order chi connectivity index (χ1) is 11.8. The van der Waals surface area contributed by atoms with Crippen molar-refractivity contribution in [1.82, 2.24) is 15.1 Å². The van der Waals surface area contributed by atoms with Crippen molar-refractivity contribution in [1.29, 1.82) is 0 Å². The third-order valence-electron chi connectivity index (χ3n) is 4.45. The molecule has 25 heavy (non-hydrogen) atoms. The average Bonchev–Trinajstić information content (AvgIpc) is 3.25. The number of benzene rings is 1. The summed E-state index contributed by atoms with van der Waals surface area (Å²) >= 11 is 1.33. The van der Waals surface area contributed by atoms with Gasteiger partial charge in [-0.1, -0.05) is 44.7 Å². The second kappa shape index (κ2) is 7.20. The van der Waals surface area contributed by atoms with Crippen LogP contribution < -0.4 is 0 Å². The summed E-state index contributed by atoms with van der Waals surface area (Å²) in [5, 5.41) is 8.44. The fourth-order valence-electron chi connectivity index (χ4n) is 2.88. The maximum atomic E-state index is 12.4. The number of carbonyl (C=O) groups excluding carboxylic acids is 1. The van der Waals surface area contributed by atoms with Gasteiger partial charge in [-0.05, 0) is 42.9 Å². The quantitative estimate of drug-likeness (QED) is 0.768. The van der Waals surface area contributed by atoms with Crippen LogP contribution in [0.1, 0.15) is 46.1 Å². The van der Waals surface area contributed by atoms with Crippen molar-refractivity contribution in [3.63, 3.8) is 0 Å². The van der Waals surface area contributed by atoms with E-state index in [1.807, 2.05) is 24.0 Å². The molecule has 1 amide bonds. The van der Waals surface area contributed by atoms with Gasteiger partial charge < -0.3 is 9.32 Å². The van der Waals surface area contributed by atoms with Gasteiger partial charge >= 0.3 is 0 Å². The molecule has 3 rings (SSSR count). The van der Waals surface area contributed by atoms with E-state index in [0.29, 0.717) is 11.1 Å². The molecular formula is C19H25N3O2S. The second-order valence-corrected chi connectivity index (χ2v) is 8.78. The number of carbonyl (C=O) groups is 1. The summed E-state index contributed by atoms with van der Waals surface area (Å²) in [6.07, 6.45) is 2.19. The van der Waals surface area contributed by atoms with Crippen molar-refractivity contribution in [3.8, 4) is 11.5 Å². The lowest BCUT2D eigenvalue weighted by Gasteiger charge is -2.18. The molecule has 0 aliphatic carbocycles. The highest BCUT2D eigenvalue weighted by Crippen LogP contribution is 2.29. The van der Waals surface area contributed by atoms with Gasteiger partial charge in [-0.2, -0.15) is 0 Å². The van der Waals surface area contributed by atoms with Gasteiger partial charge in [0.05, 0.1) is 5.25 Å². The Balaban J connectivity index is 1.66. The van der Waals surface area contributed by atoms with E-state index in [2.05, 4.69) is 43.1 Å². The molecule has 0 spiro atoms. The third kappa shape index (κ3) is 4.24. The fraction of sp³-hybridized carbons (Fsp3) is 0.526. The summed E-state index contributed by atoms with van der Waals surface area (Å²) in [5.74, 6) is 0.639. The van der Waals surface area contributed by atoms with E-state index in [4.69, 9.17) is 4.42 Å². The highest BCUT2D eigenvalue weighted by Gasteiger charge is 2.25. The minimum atomic E-state index is -0.213. The molecule has 0 radical (unpaired) electrons. The molecule has 2 aromatic rings. The van der Waals surface area contributed by atoms with Crippen LogP contribution in [0.2, 0.25) is 0 Å². The Morgan fingerprint density at radius 3 is 2.40 bits per heavy atom. The molecule has 5 nitrogen and oxygen atoms in total. The molecule has 1 aromatic heterocycles. The lowest BCUT2D eigenvalue weighted by molar-refractivity contribution is -0.129. The van der Waals surface area contributed by atoms with Gasteiger partial charge in [0, 0.05) is 18.7 Å². The number of thioether (sulfide) groups is 1. The Hall–Kier alpha value is -1.82. The molecule has 1 atom stereocenters. The number of likely N-dealkylation sites (tertiary alicyclic amines) is 1. The van der Waals surface area contributed by atoms with Crippen LogP contribution in [0.4, 0.5) is 0 Å². The van der Waals surface area contributed by atoms with E-state index >= 15 is 0 Å². The Morgan fingerprint density at radius 2 is 1.80 bits per heavy atom. The molecular weight excluding hydrogens is 334 g/mol. The monoisotopic (exact) mass is 359 g/mol. The molecule has 0 unspecified atom stereocenters. The molecule has 0 saturated carbocycles. The Bertz CT molecular complexity index is 728. The summed E-state index contributed by atoms with van der Waals surface area (Å²) in [7, 11) is 0. The lowest BCUT2D eigenvalue weighted by atomic mass is 9.87. The van der Waals surface area contributed by atoms with Gasteiger partial charge in [-0.25, -0.2) is 0 Å². The van der Waals surface area contributed by atoms with E-state index in [1.165, 1.54) is 17.3 Å². The van der Waals surface area contributed by atoms with Gasteiger partial charge in [0.2, 0.25) is 11.8 Å². The van der Waals surface area contributed by atoms with Crippen LogP contribution in [0.25, 0.3) is 11.5 Å². The SMILES string of the molecule is C[C@H](Sc1nnc(-c2ccc(C(C)(C)C)cc2)o1)C(=O)N1CCCC1. The van der Waals surface area contributed by atoms with Crippen molar-refractivity contribution in [2.24, 2.45) is 0 Å². The molecule has 2 heterocycles. The smallest absolute Gasteiger partial charge is 0.277 e. The molecule has 134 valence electrons. The van der Waals surface area contributed by atoms with Crippen LogP contribution in [-0.4, -0.2) is 39.3 Å². The molecule has 6 heteroatoms. The van der Waals surface area contributed by atoms with Crippen molar-refractivity contribution in [2.45, 2.75) is 56.4 Å². The summed E-state index contributed by atoms with van der Waals surface area (Å²) in [6, 6.07) is 8.18. The molecule has 1 saturated heterocycles. The van der Waals surface area contributed by atoms with Crippen LogP contribution in [0.15, 0.2) is 33.9 Å². The molecule has 1 aromatic carbocycles. The maximum absolute atomic E-state index is 12.4. The minimum absolute atomic E-state index is 0.111. The van der Waals surface area contributed by atoms with Crippen LogP contribution >= 0.6 is 11.8 Å². The second-order valence-electron chi connectivity index (χ2n) is 7.49. The van der Waals surface area contributed by atoms with Crippen molar-refractivity contribution < 1.29 is 9.21 Å². The van der Waals surface area contributed by atoms with E-state index in [-0.39, 0.29) is 16.6 Å². The number of amides is 1. The first kappa shape index (κ1) is 18.0. The third-order valence-corrected chi connectivity index (χ3v) is 5.37. The number of nitrogens with zero attached hydrogens (tertiary/aromatic N) is 3. The van der Waals surface area contributed by atoms with E-state index < -0.39 is 0 Å². The van der Waals surface area contributed by atoms with Gasteiger partial charge in [0.25, 0.3) is 5.22 Å². The molecule has 0 bridgehead atoms. The Labute approximate surface area is 153 Å². The number of hydrogen-bond donors (Lipinski definition) is 0. The van der Waals surface area contributed by atoms with E-state index in [9.17, 15) is 4.79 Å².